The third-order valence-corrected chi connectivity index (χ3v) is 3.84. The van der Waals surface area contributed by atoms with Crippen molar-refractivity contribution in [2.45, 2.75) is 26.4 Å². The summed E-state index contributed by atoms with van der Waals surface area (Å²) in [5.41, 5.74) is -1.15. The summed E-state index contributed by atoms with van der Waals surface area (Å²) < 4.78 is 20.8. The van der Waals surface area contributed by atoms with Crippen LogP contribution in [0.15, 0.2) is 48.5 Å². The van der Waals surface area contributed by atoms with Crippen LogP contribution in [0.2, 0.25) is 5.02 Å². The minimum atomic E-state index is -1.25. The Morgan fingerprint density at radius 2 is 1.55 bits per heavy atom. The molecule has 2 aromatic carbocycles. The van der Waals surface area contributed by atoms with E-state index in [1.165, 1.54) is 19.1 Å². The Hall–Kier alpha value is -3.06. The van der Waals surface area contributed by atoms with Gasteiger partial charge in [-0.05, 0) is 50.2 Å². The minimum Gasteiger partial charge on any atom is -0.476 e. The Morgan fingerprint density at radius 1 is 0.931 bits per heavy atom. The molecule has 154 valence electrons. The van der Waals surface area contributed by atoms with Gasteiger partial charge in [0.05, 0.1) is 0 Å². The van der Waals surface area contributed by atoms with Crippen molar-refractivity contribution in [2.24, 2.45) is 0 Å². The van der Waals surface area contributed by atoms with Crippen molar-refractivity contribution in [2.75, 3.05) is 13.2 Å². The van der Waals surface area contributed by atoms with Gasteiger partial charge in [-0.3, -0.25) is 4.79 Å². The van der Waals surface area contributed by atoms with Gasteiger partial charge in [-0.25, -0.2) is 9.59 Å². The molecule has 0 radical (unpaired) electrons. The first-order chi connectivity index (χ1) is 13.7. The lowest BCUT2D eigenvalue weighted by atomic mass is 10.1. The normalized spacial score (nSPS) is 10.8. The lowest BCUT2D eigenvalue weighted by molar-refractivity contribution is -0.160. The molecule has 0 saturated carbocycles. The minimum absolute atomic E-state index is 0.0968. The van der Waals surface area contributed by atoms with Gasteiger partial charge >= 0.3 is 17.9 Å². The Morgan fingerprint density at radius 3 is 2.21 bits per heavy atom. The molecule has 0 bridgehead atoms. The maximum atomic E-state index is 12.3. The van der Waals surface area contributed by atoms with E-state index in [2.05, 4.69) is 0 Å². The molecular weight excluding hydrogens is 400 g/mol. The first-order valence-corrected chi connectivity index (χ1v) is 9.13. The summed E-state index contributed by atoms with van der Waals surface area (Å²) in [4.78, 5) is 35.5. The first kappa shape index (κ1) is 22.2. The molecule has 8 heteroatoms. The van der Waals surface area contributed by atoms with Crippen LogP contribution in [0, 0.1) is 0 Å². The second kappa shape index (κ2) is 9.93. The number of halogens is 1. The predicted octanol–water partition coefficient (Wildman–Crippen LogP) is 3.82. The molecular formula is C21H21ClO7. The van der Waals surface area contributed by atoms with E-state index in [1.54, 1.807) is 50.2 Å². The molecule has 0 aliphatic carbocycles. The van der Waals surface area contributed by atoms with Gasteiger partial charge in [0.2, 0.25) is 0 Å². The van der Waals surface area contributed by atoms with Gasteiger partial charge in [0.1, 0.15) is 30.3 Å². The lowest BCUT2D eigenvalue weighted by Crippen LogP contribution is -2.40. The maximum Gasteiger partial charge on any atom is 0.350 e. The van der Waals surface area contributed by atoms with Crippen LogP contribution >= 0.6 is 11.6 Å². The third kappa shape index (κ3) is 6.80. The molecule has 0 heterocycles. The third-order valence-electron chi connectivity index (χ3n) is 3.59. The summed E-state index contributed by atoms with van der Waals surface area (Å²) in [5, 5.41) is 0.551. The lowest BCUT2D eigenvalue weighted by Gasteiger charge is -2.24. The van der Waals surface area contributed by atoms with Gasteiger partial charge in [-0.2, -0.15) is 0 Å². The highest BCUT2D eigenvalue weighted by molar-refractivity contribution is 6.30. The predicted molar refractivity (Wildman–Crippen MR) is 105 cm³/mol. The van der Waals surface area contributed by atoms with Gasteiger partial charge in [-0.15, -0.1) is 0 Å². The molecule has 0 spiro atoms. The fourth-order valence-electron chi connectivity index (χ4n) is 2.24. The molecule has 0 aliphatic heterocycles. The first-order valence-electron chi connectivity index (χ1n) is 8.75. The largest absolute Gasteiger partial charge is 0.476 e. The number of carbonyl (C=O) groups excluding carboxylic acids is 3. The SMILES string of the molecule is CC(=O)Oc1ccccc1C(=O)OCCOC(=O)C(C)(C)Oc1ccc(Cl)cc1. The van der Waals surface area contributed by atoms with Crippen molar-refractivity contribution in [3.05, 3.63) is 59.1 Å². The molecule has 2 aromatic rings. The zero-order valence-electron chi connectivity index (χ0n) is 16.3. The Kier molecular flexibility index (Phi) is 7.61. The number of carbonyl (C=O) groups is 3. The summed E-state index contributed by atoms with van der Waals surface area (Å²) in [6.45, 7) is 4.02. The summed E-state index contributed by atoms with van der Waals surface area (Å²) in [6.07, 6.45) is 0. The number of rotatable bonds is 8. The fourth-order valence-corrected chi connectivity index (χ4v) is 2.36. The second-order valence-corrected chi connectivity index (χ2v) is 6.86. The Balaban J connectivity index is 1.83. The van der Waals surface area contributed by atoms with Gasteiger partial charge in [-0.1, -0.05) is 23.7 Å². The van der Waals surface area contributed by atoms with E-state index < -0.39 is 23.5 Å². The van der Waals surface area contributed by atoms with Crippen molar-refractivity contribution in [3.63, 3.8) is 0 Å². The molecule has 0 aromatic heterocycles. The standard InChI is InChI=1S/C21H21ClO7/c1-14(23)28-18-7-5-4-6-17(18)19(24)26-12-13-27-20(25)21(2,3)29-16-10-8-15(22)9-11-16/h4-11H,12-13H2,1-3H3. The highest BCUT2D eigenvalue weighted by Gasteiger charge is 2.32. The van der Waals surface area contributed by atoms with Crippen molar-refractivity contribution >= 4 is 29.5 Å². The number of hydrogen-bond acceptors (Lipinski definition) is 7. The molecule has 0 saturated heterocycles. The topological polar surface area (TPSA) is 88.1 Å². The quantitative estimate of drug-likeness (QED) is 0.364. The zero-order chi connectivity index (χ0) is 21.4. The van der Waals surface area contributed by atoms with E-state index in [0.717, 1.165) is 0 Å². The van der Waals surface area contributed by atoms with Crippen LogP contribution in [-0.4, -0.2) is 36.7 Å². The number of benzene rings is 2. The van der Waals surface area contributed by atoms with Crippen molar-refractivity contribution in [1.29, 1.82) is 0 Å². The molecule has 29 heavy (non-hydrogen) atoms. The smallest absolute Gasteiger partial charge is 0.350 e. The molecule has 0 fully saturated rings. The molecule has 0 unspecified atom stereocenters. The van der Waals surface area contributed by atoms with E-state index in [4.69, 9.17) is 30.5 Å². The Bertz CT molecular complexity index is 875. The summed E-state index contributed by atoms with van der Waals surface area (Å²) in [5.74, 6) is -1.31. The number of hydrogen-bond donors (Lipinski definition) is 0. The van der Waals surface area contributed by atoms with E-state index in [1.807, 2.05) is 0 Å². The van der Waals surface area contributed by atoms with Crippen molar-refractivity contribution in [1.82, 2.24) is 0 Å². The number of ether oxygens (including phenoxy) is 4. The van der Waals surface area contributed by atoms with Crippen LogP contribution in [-0.2, 0) is 19.1 Å². The Labute approximate surface area is 173 Å². The van der Waals surface area contributed by atoms with Crippen LogP contribution < -0.4 is 9.47 Å². The van der Waals surface area contributed by atoms with Gasteiger partial charge in [0.15, 0.2) is 5.60 Å². The van der Waals surface area contributed by atoms with Crippen LogP contribution in [0.1, 0.15) is 31.1 Å². The van der Waals surface area contributed by atoms with Gasteiger partial charge in [0, 0.05) is 11.9 Å². The molecule has 2 rings (SSSR count). The van der Waals surface area contributed by atoms with E-state index in [0.29, 0.717) is 10.8 Å². The van der Waals surface area contributed by atoms with Crippen LogP contribution in [0.25, 0.3) is 0 Å². The average Bonchev–Trinajstić information content (AvgIpc) is 2.66. The van der Waals surface area contributed by atoms with Crippen LogP contribution in [0.5, 0.6) is 11.5 Å². The molecule has 0 atom stereocenters. The maximum absolute atomic E-state index is 12.3. The molecule has 7 nitrogen and oxygen atoms in total. The number of para-hydroxylation sites is 1. The summed E-state index contributed by atoms with van der Waals surface area (Å²) in [6, 6.07) is 12.8. The van der Waals surface area contributed by atoms with E-state index in [9.17, 15) is 14.4 Å². The monoisotopic (exact) mass is 420 g/mol. The fraction of sp³-hybridized carbons (Fsp3) is 0.286. The van der Waals surface area contributed by atoms with Crippen LogP contribution in [0.3, 0.4) is 0 Å². The highest BCUT2D eigenvalue weighted by Crippen LogP contribution is 2.22. The van der Waals surface area contributed by atoms with Gasteiger partial charge in [0.25, 0.3) is 0 Å². The van der Waals surface area contributed by atoms with Gasteiger partial charge < -0.3 is 18.9 Å². The highest BCUT2D eigenvalue weighted by atomic mass is 35.5. The average molecular weight is 421 g/mol. The van der Waals surface area contributed by atoms with Crippen molar-refractivity contribution in [3.8, 4) is 11.5 Å². The summed E-state index contributed by atoms with van der Waals surface area (Å²) >= 11 is 5.82. The molecule has 0 N–H and O–H groups in total. The second-order valence-electron chi connectivity index (χ2n) is 6.43. The van der Waals surface area contributed by atoms with Crippen molar-refractivity contribution < 1.29 is 33.3 Å². The van der Waals surface area contributed by atoms with Crippen LogP contribution in [0.4, 0.5) is 0 Å². The van der Waals surface area contributed by atoms with E-state index >= 15 is 0 Å². The molecule has 0 amide bonds. The number of esters is 3. The zero-order valence-corrected chi connectivity index (χ0v) is 17.0. The molecule has 0 aliphatic rings. The summed E-state index contributed by atoms with van der Waals surface area (Å²) in [7, 11) is 0. The van der Waals surface area contributed by atoms with E-state index in [-0.39, 0.29) is 24.5 Å².